The molecule has 2 rings (SSSR count). The lowest BCUT2D eigenvalue weighted by atomic mass is 10.3. The van der Waals surface area contributed by atoms with E-state index < -0.39 is 23.8 Å². The van der Waals surface area contributed by atoms with Gasteiger partial charge in [-0.15, -0.1) is 11.8 Å². The molecule has 1 atom stereocenters. The van der Waals surface area contributed by atoms with Crippen molar-refractivity contribution in [1.82, 2.24) is 0 Å². The Kier molecular flexibility index (Phi) is 7.41. The van der Waals surface area contributed by atoms with Crippen LogP contribution in [0.3, 0.4) is 0 Å². The Labute approximate surface area is 158 Å². The largest absolute Gasteiger partial charge is 0.453 e. The van der Waals surface area contributed by atoms with E-state index in [1.165, 1.54) is 43.0 Å². The second kappa shape index (κ2) is 9.54. The van der Waals surface area contributed by atoms with E-state index in [1.807, 2.05) is 0 Å². The summed E-state index contributed by atoms with van der Waals surface area (Å²) in [6, 6.07) is 9.73. The third-order valence-electron chi connectivity index (χ3n) is 3.26. The normalized spacial score (nSPS) is 11.7. The fourth-order valence-corrected chi connectivity index (χ4v) is 2.91. The zero-order valence-electron chi connectivity index (χ0n) is 13.8. The van der Waals surface area contributed by atoms with Crippen molar-refractivity contribution < 1.29 is 23.1 Å². The van der Waals surface area contributed by atoms with Crippen molar-refractivity contribution >= 4 is 40.9 Å². The molecule has 1 amide bonds. The molecule has 0 bridgehead atoms. The zero-order valence-corrected chi connectivity index (χ0v) is 15.4. The Bertz CT molecular complexity index is 787. The van der Waals surface area contributed by atoms with E-state index in [1.54, 1.807) is 12.1 Å². The first kappa shape index (κ1) is 20.2. The molecule has 138 valence electrons. The van der Waals surface area contributed by atoms with Crippen molar-refractivity contribution in [2.45, 2.75) is 24.3 Å². The lowest BCUT2D eigenvalue weighted by molar-refractivity contribution is -0.152. The van der Waals surface area contributed by atoms with E-state index in [2.05, 4.69) is 5.32 Å². The monoisotopic (exact) mass is 399 g/mol. The van der Waals surface area contributed by atoms with Gasteiger partial charge in [-0.25, -0.2) is 8.78 Å². The van der Waals surface area contributed by atoms with Crippen LogP contribution in [0.1, 0.15) is 13.3 Å². The Morgan fingerprint density at radius 3 is 2.54 bits per heavy atom. The summed E-state index contributed by atoms with van der Waals surface area (Å²) in [7, 11) is 0. The molecule has 8 heteroatoms. The molecule has 0 aliphatic heterocycles. The molecule has 0 unspecified atom stereocenters. The second-order valence-electron chi connectivity index (χ2n) is 5.30. The number of thioether (sulfide) groups is 1. The van der Waals surface area contributed by atoms with Crippen LogP contribution in [0.15, 0.2) is 47.4 Å². The number of esters is 1. The van der Waals surface area contributed by atoms with Crippen LogP contribution in [0, 0.1) is 11.6 Å². The lowest BCUT2D eigenvalue weighted by Crippen LogP contribution is -2.30. The fourth-order valence-electron chi connectivity index (χ4n) is 1.92. The Balaban J connectivity index is 1.76. The molecule has 0 saturated heterocycles. The van der Waals surface area contributed by atoms with Crippen molar-refractivity contribution in [3.63, 3.8) is 0 Å². The van der Waals surface area contributed by atoms with Crippen molar-refractivity contribution in [3.05, 3.63) is 59.1 Å². The first-order valence-corrected chi connectivity index (χ1v) is 9.05. The first-order valence-electron chi connectivity index (χ1n) is 7.69. The highest BCUT2D eigenvalue weighted by molar-refractivity contribution is 7.99. The average Bonchev–Trinajstić information content (AvgIpc) is 2.59. The minimum atomic E-state index is -1.08. The van der Waals surface area contributed by atoms with Gasteiger partial charge in [0.1, 0.15) is 11.6 Å². The molecule has 0 saturated carbocycles. The van der Waals surface area contributed by atoms with Crippen LogP contribution in [0.25, 0.3) is 0 Å². The van der Waals surface area contributed by atoms with Crippen LogP contribution in [-0.4, -0.2) is 23.7 Å². The number of amides is 1. The average molecular weight is 400 g/mol. The third kappa shape index (κ3) is 6.31. The summed E-state index contributed by atoms with van der Waals surface area (Å²) in [5, 5.41) is 2.55. The minimum absolute atomic E-state index is 0.0471. The summed E-state index contributed by atoms with van der Waals surface area (Å²) in [4.78, 5) is 24.6. The van der Waals surface area contributed by atoms with Crippen LogP contribution < -0.4 is 5.32 Å². The zero-order chi connectivity index (χ0) is 19.1. The van der Waals surface area contributed by atoms with Gasteiger partial charge in [-0.05, 0) is 49.4 Å². The lowest BCUT2D eigenvalue weighted by Gasteiger charge is -2.14. The number of ether oxygens (including phenoxy) is 1. The number of benzene rings is 2. The van der Waals surface area contributed by atoms with Gasteiger partial charge in [0.25, 0.3) is 5.91 Å². The van der Waals surface area contributed by atoms with Gasteiger partial charge in [0.05, 0.1) is 12.1 Å². The Morgan fingerprint density at radius 1 is 1.19 bits per heavy atom. The molecule has 2 aromatic carbocycles. The number of halogens is 3. The summed E-state index contributed by atoms with van der Waals surface area (Å²) in [6.45, 7) is 1.40. The van der Waals surface area contributed by atoms with E-state index in [4.69, 9.17) is 16.3 Å². The maximum Gasteiger partial charge on any atom is 0.307 e. The molecule has 0 aromatic heterocycles. The molecule has 0 radical (unpaired) electrons. The van der Waals surface area contributed by atoms with Gasteiger partial charge in [0.15, 0.2) is 6.10 Å². The first-order chi connectivity index (χ1) is 12.3. The second-order valence-corrected chi connectivity index (χ2v) is 6.90. The molecule has 26 heavy (non-hydrogen) atoms. The van der Waals surface area contributed by atoms with Gasteiger partial charge in [0.2, 0.25) is 0 Å². The summed E-state index contributed by atoms with van der Waals surface area (Å²) in [5.41, 5.74) is -0.0471. The summed E-state index contributed by atoms with van der Waals surface area (Å²) in [5.74, 6) is -1.79. The molecule has 0 aliphatic carbocycles. The molecule has 0 spiro atoms. The number of carbonyl (C=O) groups is 2. The van der Waals surface area contributed by atoms with Gasteiger partial charge in [0, 0.05) is 15.7 Å². The minimum Gasteiger partial charge on any atom is -0.453 e. The number of rotatable bonds is 7. The van der Waals surface area contributed by atoms with Crippen LogP contribution in [-0.2, 0) is 14.3 Å². The van der Waals surface area contributed by atoms with E-state index >= 15 is 0 Å². The predicted molar refractivity (Wildman–Crippen MR) is 97.3 cm³/mol. The quantitative estimate of drug-likeness (QED) is 0.543. The number of anilines is 1. The standard InChI is InChI=1S/C18H16ClF2NO3S/c1-11(18(24)22-16-7-2-12(19)10-15(16)21)25-17(23)8-9-26-14-5-3-13(20)4-6-14/h2-7,10-11H,8-9H2,1H3,(H,22,24)/t11-/m1/s1. The molecule has 0 aliphatic rings. The number of nitrogens with one attached hydrogen (secondary N) is 1. The predicted octanol–water partition coefficient (Wildman–Crippen LogP) is 4.67. The number of carbonyl (C=O) groups excluding carboxylic acids is 2. The van der Waals surface area contributed by atoms with Gasteiger partial charge < -0.3 is 10.1 Å². The van der Waals surface area contributed by atoms with Crippen LogP contribution in [0.5, 0.6) is 0 Å². The molecule has 0 heterocycles. The highest BCUT2D eigenvalue weighted by atomic mass is 35.5. The summed E-state index contributed by atoms with van der Waals surface area (Å²) < 4.78 is 31.5. The highest BCUT2D eigenvalue weighted by Crippen LogP contribution is 2.20. The van der Waals surface area contributed by atoms with E-state index in [0.717, 1.165) is 11.0 Å². The highest BCUT2D eigenvalue weighted by Gasteiger charge is 2.19. The molecule has 2 aromatic rings. The smallest absolute Gasteiger partial charge is 0.307 e. The van der Waals surface area contributed by atoms with Gasteiger partial charge in [-0.2, -0.15) is 0 Å². The molecule has 1 N–H and O–H groups in total. The number of hydrogen-bond acceptors (Lipinski definition) is 4. The fraction of sp³-hybridized carbons (Fsp3) is 0.222. The SMILES string of the molecule is C[C@@H](OC(=O)CCSc1ccc(F)cc1)C(=O)Nc1ccc(Cl)cc1F. The molecule has 4 nitrogen and oxygen atoms in total. The molecular formula is C18H16ClF2NO3S. The van der Waals surface area contributed by atoms with Crippen LogP contribution in [0.4, 0.5) is 14.5 Å². The Hall–Kier alpha value is -2.12. The van der Waals surface area contributed by atoms with E-state index in [0.29, 0.717) is 5.75 Å². The summed E-state index contributed by atoms with van der Waals surface area (Å²) >= 11 is 7.01. The van der Waals surface area contributed by atoms with Crippen molar-refractivity contribution in [2.24, 2.45) is 0 Å². The Morgan fingerprint density at radius 2 is 1.88 bits per heavy atom. The van der Waals surface area contributed by atoms with Crippen molar-refractivity contribution in [3.8, 4) is 0 Å². The van der Waals surface area contributed by atoms with Gasteiger partial charge in [-0.3, -0.25) is 9.59 Å². The maximum atomic E-state index is 13.7. The van der Waals surface area contributed by atoms with E-state index in [9.17, 15) is 18.4 Å². The topological polar surface area (TPSA) is 55.4 Å². The van der Waals surface area contributed by atoms with Crippen LogP contribution >= 0.6 is 23.4 Å². The third-order valence-corrected chi connectivity index (χ3v) is 4.50. The van der Waals surface area contributed by atoms with Crippen LogP contribution in [0.2, 0.25) is 5.02 Å². The molecule has 0 fully saturated rings. The summed E-state index contributed by atoms with van der Waals surface area (Å²) in [6.07, 6.45) is -0.997. The maximum absolute atomic E-state index is 13.7. The van der Waals surface area contributed by atoms with Crippen molar-refractivity contribution in [1.29, 1.82) is 0 Å². The van der Waals surface area contributed by atoms with Crippen molar-refractivity contribution in [2.75, 3.05) is 11.1 Å². The molecular weight excluding hydrogens is 384 g/mol. The van der Waals surface area contributed by atoms with Gasteiger partial charge >= 0.3 is 5.97 Å². The van der Waals surface area contributed by atoms with E-state index in [-0.39, 0.29) is 22.9 Å². The number of hydrogen-bond donors (Lipinski definition) is 1. The van der Waals surface area contributed by atoms with Gasteiger partial charge in [-0.1, -0.05) is 11.6 Å².